The lowest BCUT2D eigenvalue weighted by Gasteiger charge is -2.32. The molecule has 4 rings (SSSR count). The molecule has 0 saturated carbocycles. The highest BCUT2D eigenvalue weighted by Gasteiger charge is 2.41. The van der Waals surface area contributed by atoms with Gasteiger partial charge in [-0.15, -0.1) is 0 Å². The number of hydrogen-bond donors (Lipinski definition) is 1. The number of imide groups is 1. The molecule has 8 nitrogen and oxygen atoms in total. The van der Waals surface area contributed by atoms with Crippen LogP contribution in [0.25, 0.3) is 0 Å². The zero-order chi connectivity index (χ0) is 22.9. The Morgan fingerprint density at radius 1 is 1.00 bits per heavy atom. The standard InChI is InChI=1S/C22H24ClN3O5S/c1-31-18-6-4-17(5-7-18)26-21(27)14-20(22(26)28)24-16-10-12-25(13-11-16)32(29,30)19-8-2-15(23)3-9-19/h2-9,16,20,24H,10-14H2,1H3/t20-/m1/s1. The molecule has 2 aromatic carbocycles. The number of amides is 2. The Balaban J connectivity index is 1.36. The minimum atomic E-state index is -3.59. The second-order valence-corrected chi connectivity index (χ2v) is 10.2. The van der Waals surface area contributed by atoms with Gasteiger partial charge in [-0.25, -0.2) is 13.3 Å². The van der Waals surface area contributed by atoms with Crippen molar-refractivity contribution in [3.8, 4) is 5.75 Å². The highest BCUT2D eigenvalue weighted by Crippen LogP contribution is 2.27. The smallest absolute Gasteiger partial charge is 0.251 e. The SMILES string of the molecule is COc1ccc(N2C(=O)C[C@@H](NC3CCN(S(=O)(=O)c4ccc(Cl)cc4)CC3)C2=O)cc1. The average molecular weight is 478 g/mol. The van der Waals surface area contributed by atoms with E-state index in [1.807, 2.05) is 0 Å². The van der Waals surface area contributed by atoms with Gasteiger partial charge in [-0.3, -0.25) is 9.59 Å². The second kappa shape index (κ2) is 9.19. The van der Waals surface area contributed by atoms with Crippen LogP contribution in [0.2, 0.25) is 5.02 Å². The number of carbonyl (C=O) groups excluding carboxylic acids is 2. The Morgan fingerprint density at radius 2 is 1.62 bits per heavy atom. The molecule has 2 saturated heterocycles. The van der Waals surface area contributed by atoms with Crippen molar-refractivity contribution >= 4 is 39.1 Å². The van der Waals surface area contributed by atoms with Gasteiger partial charge in [0.15, 0.2) is 0 Å². The fraction of sp³-hybridized carbons (Fsp3) is 0.364. The Hall–Kier alpha value is -2.46. The number of sulfonamides is 1. The first-order chi connectivity index (χ1) is 15.3. The van der Waals surface area contributed by atoms with E-state index < -0.39 is 16.1 Å². The minimum Gasteiger partial charge on any atom is -0.497 e. The second-order valence-electron chi connectivity index (χ2n) is 7.82. The van der Waals surface area contributed by atoms with Gasteiger partial charge in [0.1, 0.15) is 5.75 Å². The van der Waals surface area contributed by atoms with E-state index in [0.29, 0.717) is 42.4 Å². The van der Waals surface area contributed by atoms with Crippen molar-refractivity contribution in [1.82, 2.24) is 9.62 Å². The summed E-state index contributed by atoms with van der Waals surface area (Å²) in [7, 11) is -2.04. The number of anilines is 1. The van der Waals surface area contributed by atoms with Crippen molar-refractivity contribution in [1.29, 1.82) is 0 Å². The van der Waals surface area contributed by atoms with E-state index in [2.05, 4.69) is 5.32 Å². The van der Waals surface area contributed by atoms with Crippen LogP contribution in [0.5, 0.6) is 5.75 Å². The van der Waals surface area contributed by atoms with Crippen LogP contribution in [-0.4, -0.2) is 56.8 Å². The first-order valence-electron chi connectivity index (χ1n) is 10.3. The van der Waals surface area contributed by atoms with E-state index >= 15 is 0 Å². The molecule has 0 bridgehead atoms. The highest BCUT2D eigenvalue weighted by molar-refractivity contribution is 7.89. The Labute approximate surface area is 192 Å². The zero-order valence-corrected chi connectivity index (χ0v) is 19.1. The Morgan fingerprint density at radius 3 is 2.22 bits per heavy atom. The van der Waals surface area contributed by atoms with Gasteiger partial charge in [0.25, 0.3) is 5.91 Å². The summed E-state index contributed by atoms with van der Waals surface area (Å²) in [6.07, 6.45) is 1.18. The molecule has 10 heteroatoms. The van der Waals surface area contributed by atoms with Gasteiger partial charge < -0.3 is 10.1 Å². The molecule has 2 aliphatic heterocycles. The molecule has 2 amide bonds. The van der Waals surface area contributed by atoms with Crippen LogP contribution < -0.4 is 15.0 Å². The summed E-state index contributed by atoms with van der Waals surface area (Å²) in [6, 6.07) is 12.2. The van der Waals surface area contributed by atoms with E-state index in [0.717, 1.165) is 0 Å². The number of carbonyl (C=O) groups is 2. The lowest BCUT2D eigenvalue weighted by atomic mass is 10.1. The van der Waals surface area contributed by atoms with Crippen LogP contribution >= 0.6 is 11.6 Å². The average Bonchev–Trinajstić information content (AvgIpc) is 3.07. The molecule has 32 heavy (non-hydrogen) atoms. The number of nitrogens with zero attached hydrogens (tertiary/aromatic N) is 2. The third-order valence-electron chi connectivity index (χ3n) is 5.82. The molecule has 2 aromatic rings. The summed E-state index contributed by atoms with van der Waals surface area (Å²) < 4.78 is 32.2. The molecule has 1 N–H and O–H groups in total. The van der Waals surface area contributed by atoms with Crippen LogP contribution in [0.4, 0.5) is 5.69 Å². The maximum absolute atomic E-state index is 12.9. The number of nitrogens with one attached hydrogen (secondary N) is 1. The van der Waals surface area contributed by atoms with E-state index in [1.54, 1.807) is 43.5 Å². The number of halogens is 1. The summed E-state index contributed by atoms with van der Waals surface area (Å²) in [4.78, 5) is 26.8. The molecular formula is C22H24ClN3O5S. The van der Waals surface area contributed by atoms with Crippen molar-refractivity contribution in [3.05, 3.63) is 53.6 Å². The lowest BCUT2D eigenvalue weighted by molar-refractivity contribution is -0.121. The highest BCUT2D eigenvalue weighted by atomic mass is 35.5. The number of hydrogen-bond acceptors (Lipinski definition) is 6. The molecule has 2 fully saturated rings. The molecule has 0 spiro atoms. The largest absolute Gasteiger partial charge is 0.497 e. The van der Waals surface area contributed by atoms with Gasteiger partial charge in [0.05, 0.1) is 30.2 Å². The predicted molar refractivity (Wildman–Crippen MR) is 120 cm³/mol. The molecule has 0 radical (unpaired) electrons. The van der Waals surface area contributed by atoms with Crippen molar-refractivity contribution < 1.29 is 22.7 Å². The number of piperidine rings is 1. The predicted octanol–water partition coefficient (Wildman–Crippen LogP) is 2.42. The molecular weight excluding hydrogens is 454 g/mol. The molecule has 1 atom stereocenters. The fourth-order valence-electron chi connectivity index (χ4n) is 4.07. The third-order valence-corrected chi connectivity index (χ3v) is 7.98. The molecule has 170 valence electrons. The number of rotatable bonds is 6. The molecule has 0 unspecified atom stereocenters. The molecule has 0 aromatic heterocycles. The normalized spacial score (nSPS) is 20.7. The number of methoxy groups -OCH3 is 1. The Kier molecular flexibility index (Phi) is 6.52. The van der Waals surface area contributed by atoms with E-state index in [4.69, 9.17) is 16.3 Å². The molecule has 0 aliphatic carbocycles. The van der Waals surface area contributed by atoms with Crippen LogP contribution in [0, 0.1) is 0 Å². The monoisotopic (exact) mass is 477 g/mol. The van der Waals surface area contributed by atoms with Gasteiger partial charge in [0, 0.05) is 24.2 Å². The van der Waals surface area contributed by atoms with Crippen LogP contribution in [0.15, 0.2) is 53.4 Å². The van der Waals surface area contributed by atoms with Crippen molar-refractivity contribution in [2.45, 2.75) is 36.2 Å². The van der Waals surface area contributed by atoms with Crippen molar-refractivity contribution in [2.75, 3.05) is 25.1 Å². The van der Waals surface area contributed by atoms with Crippen LogP contribution in [0.1, 0.15) is 19.3 Å². The van der Waals surface area contributed by atoms with Gasteiger partial charge in [-0.2, -0.15) is 4.31 Å². The minimum absolute atomic E-state index is 0.0516. The van der Waals surface area contributed by atoms with Crippen LogP contribution in [0.3, 0.4) is 0 Å². The summed E-state index contributed by atoms with van der Waals surface area (Å²) in [5.41, 5.74) is 0.508. The summed E-state index contributed by atoms with van der Waals surface area (Å²) >= 11 is 5.86. The van der Waals surface area contributed by atoms with E-state index in [9.17, 15) is 18.0 Å². The first-order valence-corrected chi connectivity index (χ1v) is 12.1. The molecule has 2 aliphatic rings. The van der Waals surface area contributed by atoms with Gasteiger partial charge >= 0.3 is 0 Å². The van der Waals surface area contributed by atoms with Gasteiger partial charge in [0.2, 0.25) is 15.9 Å². The quantitative estimate of drug-likeness (QED) is 0.642. The first kappa shape index (κ1) is 22.7. The summed E-state index contributed by atoms with van der Waals surface area (Å²) in [5.74, 6) is 0.0830. The fourth-order valence-corrected chi connectivity index (χ4v) is 5.66. The number of ether oxygens (including phenoxy) is 1. The van der Waals surface area contributed by atoms with Gasteiger partial charge in [-0.1, -0.05) is 11.6 Å². The topological polar surface area (TPSA) is 96.0 Å². The maximum atomic E-state index is 12.9. The van der Waals surface area contributed by atoms with Crippen molar-refractivity contribution in [3.63, 3.8) is 0 Å². The Bertz CT molecular complexity index is 1100. The summed E-state index contributed by atoms with van der Waals surface area (Å²) in [6.45, 7) is 0.666. The summed E-state index contributed by atoms with van der Waals surface area (Å²) in [5, 5.41) is 3.74. The van der Waals surface area contributed by atoms with Crippen molar-refractivity contribution in [2.24, 2.45) is 0 Å². The zero-order valence-electron chi connectivity index (χ0n) is 17.5. The van der Waals surface area contributed by atoms with E-state index in [1.165, 1.54) is 21.3 Å². The lowest BCUT2D eigenvalue weighted by Crippen LogP contribution is -2.49. The maximum Gasteiger partial charge on any atom is 0.251 e. The van der Waals surface area contributed by atoms with Gasteiger partial charge in [-0.05, 0) is 61.4 Å². The molecule has 2 heterocycles. The van der Waals surface area contributed by atoms with E-state index in [-0.39, 0.29) is 29.2 Å². The number of benzene rings is 2. The third kappa shape index (κ3) is 4.52. The van der Waals surface area contributed by atoms with Crippen LogP contribution in [-0.2, 0) is 19.6 Å².